The Morgan fingerprint density at radius 2 is 1.76 bits per heavy atom. The number of nitrogens with zero attached hydrogens (tertiary/aromatic N) is 6. The monoisotopic (exact) mass is 451 g/mol. The van der Waals surface area contributed by atoms with Gasteiger partial charge in [-0.05, 0) is 52.6 Å². The number of aromatic nitrogens is 7. The predicted octanol–water partition coefficient (Wildman–Crippen LogP) is 4.34. The molecule has 0 saturated carbocycles. The van der Waals surface area contributed by atoms with Crippen LogP contribution in [0.4, 0.5) is 0 Å². The molecule has 0 bridgehead atoms. The highest BCUT2D eigenvalue weighted by Gasteiger charge is 2.19. The normalized spacial score (nSPS) is 11.1. The first-order valence-corrected chi connectivity index (χ1v) is 11.3. The van der Waals surface area contributed by atoms with Crippen LogP contribution in [0.15, 0.2) is 73.1 Å². The second-order valence-electron chi connectivity index (χ2n) is 8.26. The molecular formula is C26H25N7O. The first-order valence-electron chi connectivity index (χ1n) is 11.3. The molecule has 2 aromatic carbocycles. The van der Waals surface area contributed by atoms with Crippen LogP contribution in [0.3, 0.4) is 0 Å². The molecule has 0 aliphatic rings. The Kier molecular flexibility index (Phi) is 5.86. The number of rotatable bonds is 7. The summed E-state index contributed by atoms with van der Waals surface area (Å²) >= 11 is 0. The summed E-state index contributed by atoms with van der Waals surface area (Å²) in [5.74, 6) is 1.65. The van der Waals surface area contributed by atoms with E-state index >= 15 is 0 Å². The van der Waals surface area contributed by atoms with Gasteiger partial charge in [0.2, 0.25) is 5.69 Å². The number of aryl methyl sites for hydroxylation is 2. The molecule has 0 atom stereocenters. The number of tetrazole rings is 1. The van der Waals surface area contributed by atoms with Crippen molar-refractivity contribution >= 4 is 0 Å². The maximum absolute atomic E-state index is 12.8. The quantitative estimate of drug-likeness (QED) is 0.293. The van der Waals surface area contributed by atoms with Crippen LogP contribution in [0.1, 0.15) is 30.4 Å². The van der Waals surface area contributed by atoms with Gasteiger partial charge in [-0.3, -0.25) is 0 Å². The van der Waals surface area contributed by atoms with Crippen molar-refractivity contribution in [2.45, 2.75) is 33.2 Å². The van der Waals surface area contributed by atoms with Gasteiger partial charge in [0.05, 0.1) is 11.3 Å². The Hall–Kier alpha value is -4.33. The van der Waals surface area contributed by atoms with Gasteiger partial charge in [-0.2, -0.15) is 4.73 Å². The van der Waals surface area contributed by atoms with Gasteiger partial charge in [-0.1, -0.05) is 43.3 Å². The van der Waals surface area contributed by atoms with E-state index in [9.17, 15) is 5.21 Å². The van der Waals surface area contributed by atoms with Gasteiger partial charge in [-0.15, -0.1) is 5.10 Å². The summed E-state index contributed by atoms with van der Waals surface area (Å²) in [5, 5.41) is 27.2. The van der Waals surface area contributed by atoms with Gasteiger partial charge in [0.15, 0.2) is 12.0 Å². The molecule has 0 spiro atoms. The number of imidazole rings is 1. The number of hydrogen-bond acceptors (Lipinski definition) is 5. The van der Waals surface area contributed by atoms with E-state index in [1.165, 1.54) is 6.20 Å². The van der Waals surface area contributed by atoms with Crippen molar-refractivity contribution in [1.82, 2.24) is 30.2 Å². The van der Waals surface area contributed by atoms with Crippen LogP contribution in [0.2, 0.25) is 0 Å². The lowest BCUT2D eigenvalue weighted by molar-refractivity contribution is -0.593. The van der Waals surface area contributed by atoms with Crippen LogP contribution in [0, 0.1) is 12.1 Å². The van der Waals surface area contributed by atoms with Crippen LogP contribution in [0.5, 0.6) is 0 Å². The van der Waals surface area contributed by atoms with E-state index in [1.807, 2.05) is 43.3 Å². The molecule has 5 aromatic rings. The minimum Gasteiger partial charge on any atom is -0.618 e. The van der Waals surface area contributed by atoms with E-state index < -0.39 is 0 Å². The fraction of sp³-hybridized carbons (Fsp3) is 0.192. The summed E-state index contributed by atoms with van der Waals surface area (Å²) in [6.07, 6.45) is 5.57. The van der Waals surface area contributed by atoms with E-state index in [-0.39, 0.29) is 0 Å². The van der Waals surface area contributed by atoms with Gasteiger partial charge < -0.3 is 9.77 Å². The fourth-order valence-electron chi connectivity index (χ4n) is 4.32. The number of benzene rings is 2. The fourth-order valence-corrected chi connectivity index (χ4v) is 4.32. The smallest absolute Gasteiger partial charge is 0.224 e. The highest BCUT2D eigenvalue weighted by Crippen LogP contribution is 2.36. The Morgan fingerprint density at radius 1 is 0.971 bits per heavy atom. The van der Waals surface area contributed by atoms with Crippen LogP contribution >= 0.6 is 0 Å². The van der Waals surface area contributed by atoms with Crippen LogP contribution < -0.4 is 4.73 Å². The third-order valence-electron chi connectivity index (χ3n) is 5.81. The number of aromatic amines is 1. The molecule has 5 rings (SSSR count). The summed E-state index contributed by atoms with van der Waals surface area (Å²) < 4.78 is 3.10. The zero-order valence-corrected chi connectivity index (χ0v) is 19.1. The highest BCUT2D eigenvalue weighted by atomic mass is 16.5. The molecule has 0 unspecified atom stereocenters. The molecule has 8 heteroatoms. The van der Waals surface area contributed by atoms with E-state index in [1.54, 1.807) is 6.07 Å². The van der Waals surface area contributed by atoms with Gasteiger partial charge in [0, 0.05) is 36.9 Å². The molecule has 0 amide bonds. The van der Waals surface area contributed by atoms with E-state index in [0.29, 0.717) is 18.1 Å². The number of hydrogen-bond donors (Lipinski definition) is 1. The standard InChI is InChI=1S/C26H25N7O/c1-3-8-25-27-18(2)16-32(25)17-19-12-13-21(23(15-19)24-11-6-7-14-33(24)34)20-9-4-5-10-22(20)26-28-30-31-29-26/h4-7,9-16H,3,8,17H2,1-2H3,(H,28,29,30,31). The maximum Gasteiger partial charge on any atom is 0.224 e. The molecule has 34 heavy (non-hydrogen) atoms. The largest absolute Gasteiger partial charge is 0.618 e. The molecule has 0 saturated heterocycles. The molecule has 3 heterocycles. The van der Waals surface area contributed by atoms with E-state index in [0.717, 1.165) is 56.9 Å². The summed E-state index contributed by atoms with van der Waals surface area (Å²) in [6, 6.07) is 19.6. The lowest BCUT2D eigenvalue weighted by Crippen LogP contribution is -2.28. The van der Waals surface area contributed by atoms with Crippen molar-refractivity contribution in [3.63, 3.8) is 0 Å². The molecule has 3 aromatic heterocycles. The maximum atomic E-state index is 12.8. The third-order valence-corrected chi connectivity index (χ3v) is 5.81. The van der Waals surface area contributed by atoms with E-state index in [4.69, 9.17) is 0 Å². The summed E-state index contributed by atoms with van der Waals surface area (Å²) in [7, 11) is 0. The first kappa shape index (κ1) is 21.5. The first-order chi connectivity index (χ1) is 16.6. The van der Waals surface area contributed by atoms with Gasteiger partial charge in [0.1, 0.15) is 5.82 Å². The predicted molar refractivity (Wildman–Crippen MR) is 130 cm³/mol. The number of pyridine rings is 1. The van der Waals surface area contributed by atoms with Crippen molar-refractivity contribution in [2.75, 3.05) is 0 Å². The summed E-state index contributed by atoms with van der Waals surface area (Å²) in [4.78, 5) is 4.68. The molecule has 8 nitrogen and oxygen atoms in total. The summed E-state index contributed by atoms with van der Waals surface area (Å²) in [5.41, 5.74) is 6.28. The van der Waals surface area contributed by atoms with Gasteiger partial charge >= 0.3 is 0 Å². The second-order valence-corrected chi connectivity index (χ2v) is 8.26. The van der Waals surface area contributed by atoms with Crippen LogP contribution in [-0.2, 0) is 13.0 Å². The van der Waals surface area contributed by atoms with Gasteiger partial charge in [-0.25, -0.2) is 10.1 Å². The van der Waals surface area contributed by atoms with Crippen molar-refractivity contribution in [3.05, 3.63) is 95.3 Å². The highest BCUT2D eigenvalue weighted by molar-refractivity contribution is 5.89. The number of H-pyrrole nitrogens is 1. The minimum absolute atomic E-state index is 0.576. The Balaban J connectivity index is 1.66. The SMILES string of the molecule is CCCc1nc(C)cn1Cc1ccc(-c2ccccc2-c2nnn[nH]2)c(-c2cccc[n+]2[O-])c1. The number of nitrogens with one attached hydrogen (secondary N) is 1. The topological polar surface area (TPSA) is 99.2 Å². The van der Waals surface area contributed by atoms with Crippen molar-refractivity contribution < 1.29 is 4.73 Å². The average Bonchev–Trinajstić information content (AvgIpc) is 3.50. The molecule has 1 N–H and O–H groups in total. The van der Waals surface area contributed by atoms with E-state index in [2.05, 4.69) is 61.5 Å². The van der Waals surface area contributed by atoms with Crippen molar-refractivity contribution in [1.29, 1.82) is 0 Å². The molecule has 170 valence electrons. The van der Waals surface area contributed by atoms with Gasteiger partial charge in [0.25, 0.3) is 0 Å². The van der Waals surface area contributed by atoms with Crippen LogP contribution in [0.25, 0.3) is 33.8 Å². The lowest BCUT2D eigenvalue weighted by atomic mass is 9.92. The third kappa shape index (κ3) is 4.17. The molecular weight excluding hydrogens is 426 g/mol. The summed E-state index contributed by atoms with van der Waals surface area (Å²) in [6.45, 7) is 4.86. The zero-order valence-electron chi connectivity index (χ0n) is 19.1. The minimum atomic E-state index is 0.576. The Morgan fingerprint density at radius 3 is 2.53 bits per heavy atom. The Bertz CT molecular complexity index is 1420. The lowest BCUT2D eigenvalue weighted by Gasteiger charge is -2.15. The average molecular weight is 452 g/mol. The zero-order chi connectivity index (χ0) is 23.5. The van der Waals surface area contributed by atoms with Crippen molar-refractivity contribution in [2.24, 2.45) is 0 Å². The van der Waals surface area contributed by atoms with Crippen LogP contribution in [-0.4, -0.2) is 30.2 Å². The molecule has 0 radical (unpaired) electrons. The Labute approximate surface area is 197 Å². The molecule has 0 fully saturated rings. The molecule has 0 aliphatic carbocycles. The second kappa shape index (κ2) is 9.27. The van der Waals surface area contributed by atoms with Crippen molar-refractivity contribution in [3.8, 4) is 33.8 Å². The molecule has 0 aliphatic heterocycles.